The predicted molar refractivity (Wildman–Crippen MR) is 112 cm³/mol. The van der Waals surface area contributed by atoms with E-state index in [0.29, 0.717) is 11.8 Å². The molecule has 29 heavy (non-hydrogen) atoms. The first-order valence-corrected chi connectivity index (χ1v) is 9.79. The van der Waals surface area contributed by atoms with Gasteiger partial charge in [-0.15, -0.1) is 0 Å². The number of rotatable bonds is 7. The summed E-state index contributed by atoms with van der Waals surface area (Å²) in [6.45, 7) is 2.70. The fourth-order valence-corrected chi connectivity index (χ4v) is 4.31. The molecule has 4 rings (SSSR count). The van der Waals surface area contributed by atoms with Crippen LogP contribution in [-0.4, -0.2) is 49.5 Å². The molecule has 2 atom stereocenters. The van der Waals surface area contributed by atoms with E-state index in [4.69, 9.17) is 14.2 Å². The first kappa shape index (κ1) is 19.3. The van der Waals surface area contributed by atoms with E-state index in [1.807, 2.05) is 30.5 Å². The second kappa shape index (κ2) is 8.57. The Morgan fingerprint density at radius 1 is 0.931 bits per heavy atom. The monoisotopic (exact) mass is 393 g/mol. The van der Waals surface area contributed by atoms with Crippen LogP contribution in [-0.2, 0) is 6.54 Å². The van der Waals surface area contributed by atoms with Crippen molar-refractivity contribution in [3.8, 4) is 17.2 Å². The van der Waals surface area contributed by atoms with Crippen LogP contribution in [0.15, 0.2) is 54.7 Å². The standard InChI is InChI=1S/C23H27N3O3/c1-27-18-9-7-16(8-10-18)19-14-26(15-20(19)21-11-12-24-25-21)13-17-5-4-6-22(28-2)23(17)29-3/h4-12,19-20H,13-15H2,1-3H3,(H,24,25)/t19-,20+/m0/s1. The molecule has 2 aromatic carbocycles. The lowest BCUT2D eigenvalue weighted by molar-refractivity contribution is 0.306. The fraction of sp³-hybridized carbons (Fsp3) is 0.348. The SMILES string of the molecule is COc1ccc([C@@H]2CN(Cc3cccc(OC)c3OC)C[C@H]2c2ccn[nH]2)cc1. The van der Waals surface area contributed by atoms with Crippen molar-refractivity contribution in [2.75, 3.05) is 34.4 Å². The van der Waals surface area contributed by atoms with Crippen molar-refractivity contribution < 1.29 is 14.2 Å². The Labute approximate surface area is 171 Å². The van der Waals surface area contributed by atoms with Crippen molar-refractivity contribution in [1.82, 2.24) is 15.1 Å². The van der Waals surface area contributed by atoms with Crippen molar-refractivity contribution in [2.45, 2.75) is 18.4 Å². The number of hydrogen-bond donors (Lipinski definition) is 1. The van der Waals surface area contributed by atoms with Gasteiger partial charge in [-0.2, -0.15) is 5.10 Å². The van der Waals surface area contributed by atoms with E-state index in [2.05, 4.69) is 39.4 Å². The summed E-state index contributed by atoms with van der Waals surface area (Å²) in [5.41, 5.74) is 3.61. The zero-order valence-corrected chi connectivity index (χ0v) is 17.1. The third-order valence-electron chi connectivity index (χ3n) is 5.74. The van der Waals surface area contributed by atoms with Gasteiger partial charge in [0.05, 0.1) is 21.3 Å². The number of likely N-dealkylation sites (tertiary alicyclic amines) is 1. The van der Waals surface area contributed by atoms with E-state index in [0.717, 1.165) is 42.4 Å². The number of benzene rings is 2. The Morgan fingerprint density at radius 3 is 2.38 bits per heavy atom. The molecule has 6 nitrogen and oxygen atoms in total. The number of hydrogen-bond acceptors (Lipinski definition) is 5. The molecule has 152 valence electrons. The fourth-order valence-electron chi connectivity index (χ4n) is 4.31. The molecule has 0 bridgehead atoms. The van der Waals surface area contributed by atoms with Crippen molar-refractivity contribution in [3.63, 3.8) is 0 Å². The van der Waals surface area contributed by atoms with E-state index >= 15 is 0 Å². The summed E-state index contributed by atoms with van der Waals surface area (Å²) >= 11 is 0. The van der Waals surface area contributed by atoms with Crippen LogP contribution in [0.1, 0.15) is 28.7 Å². The highest BCUT2D eigenvalue weighted by Crippen LogP contribution is 2.41. The van der Waals surface area contributed by atoms with Gasteiger partial charge in [-0.25, -0.2) is 0 Å². The van der Waals surface area contributed by atoms with Crippen molar-refractivity contribution >= 4 is 0 Å². The van der Waals surface area contributed by atoms with Gasteiger partial charge in [0.2, 0.25) is 0 Å². The molecule has 2 heterocycles. The van der Waals surface area contributed by atoms with Crippen molar-refractivity contribution in [3.05, 3.63) is 71.5 Å². The van der Waals surface area contributed by atoms with Gasteiger partial charge >= 0.3 is 0 Å². The number of para-hydroxylation sites is 1. The minimum atomic E-state index is 0.350. The number of nitrogens with one attached hydrogen (secondary N) is 1. The molecule has 0 radical (unpaired) electrons. The van der Waals surface area contributed by atoms with Gasteiger partial charge in [0.25, 0.3) is 0 Å². The molecular formula is C23H27N3O3. The highest BCUT2D eigenvalue weighted by atomic mass is 16.5. The van der Waals surface area contributed by atoms with E-state index in [-0.39, 0.29) is 0 Å². The van der Waals surface area contributed by atoms with Gasteiger partial charge in [-0.05, 0) is 29.8 Å². The lowest BCUT2D eigenvalue weighted by Gasteiger charge is -2.19. The van der Waals surface area contributed by atoms with Crippen LogP contribution >= 0.6 is 0 Å². The summed E-state index contributed by atoms with van der Waals surface area (Å²) in [7, 11) is 5.06. The van der Waals surface area contributed by atoms with Gasteiger partial charge < -0.3 is 14.2 Å². The Kier molecular flexibility index (Phi) is 5.71. The molecule has 0 spiro atoms. The second-order valence-corrected chi connectivity index (χ2v) is 7.34. The maximum Gasteiger partial charge on any atom is 0.165 e. The van der Waals surface area contributed by atoms with Crippen LogP contribution in [0.4, 0.5) is 0 Å². The van der Waals surface area contributed by atoms with Crippen LogP contribution in [0.5, 0.6) is 17.2 Å². The highest BCUT2D eigenvalue weighted by molar-refractivity contribution is 5.46. The van der Waals surface area contributed by atoms with E-state index in [9.17, 15) is 0 Å². The second-order valence-electron chi connectivity index (χ2n) is 7.34. The van der Waals surface area contributed by atoms with Crippen LogP contribution in [0.2, 0.25) is 0 Å². The molecule has 0 amide bonds. The van der Waals surface area contributed by atoms with Gasteiger partial charge in [0, 0.05) is 48.9 Å². The van der Waals surface area contributed by atoms with E-state index in [1.165, 1.54) is 11.3 Å². The van der Waals surface area contributed by atoms with E-state index in [1.54, 1.807) is 21.3 Å². The summed E-state index contributed by atoms with van der Waals surface area (Å²) in [6.07, 6.45) is 1.83. The highest BCUT2D eigenvalue weighted by Gasteiger charge is 2.36. The normalized spacial score (nSPS) is 19.3. The number of aromatic amines is 1. The smallest absolute Gasteiger partial charge is 0.165 e. The van der Waals surface area contributed by atoms with Gasteiger partial charge in [0.15, 0.2) is 11.5 Å². The molecule has 1 fully saturated rings. The molecule has 1 aliphatic heterocycles. The molecule has 1 aromatic heterocycles. The quantitative estimate of drug-likeness (QED) is 0.661. The predicted octanol–water partition coefficient (Wildman–Crippen LogP) is 3.82. The lowest BCUT2D eigenvalue weighted by Crippen LogP contribution is -2.20. The third kappa shape index (κ3) is 3.93. The molecule has 1 saturated heterocycles. The number of aromatic nitrogens is 2. The Hall–Kier alpha value is -2.99. The maximum absolute atomic E-state index is 5.63. The van der Waals surface area contributed by atoms with Crippen LogP contribution < -0.4 is 14.2 Å². The summed E-state index contributed by atoms with van der Waals surface area (Å²) < 4.78 is 16.4. The molecule has 1 N–H and O–H groups in total. The Balaban J connectivity index is 1.60. The molecular weight excluding hydrogens is 366 g/mol. The minimum Gasteiger partial charge on any atom is -0.497 e. The molecule has 1 aliphatic rings. The number of ether oxygens (including phenoxy) is 3. The first-order chi connectivity index (χ1) is 14.2. The molecule has 0 aliphatic carbocycles. The minimum absolute atomic E-state index is 0.350. The topological polar surface area (TPSA) is 59.6 Å². The number of methoxy groups -OCH3 is 3. The number of nitrogens with zero attached hydrogens (tertiary/aromatic N) is 2. The van der Waals surface area contributed by atoms with Gasteiger partial charge in [-0.3, -0.25) is 10.00 Å². The average Bonchev–Trinajstić information content (AvgIpc) is 3.43. The summed E-state index contributed by atoms with van der Waals surface area (Å²) in [5, 5.41) is 7.36. The van der Waals surface area contributed by atoms with Crippen LogP contribution in [0.3, 0.4) is 0 Å². The first-order valence-electron chi connectivity index (χ1n) is 9.79. The van der Waals surface area contributed by atoms with Gasteiger partial charge in [-0.1, -0.05) is 24.3 Å². The molecule has 3 aromatic rings. The average molecular weight is 393 g/mol. The summed E-state index contributed by atoms with van der Waals surface area (Å²) in [5.74, 6) is 3.17. The van der Waals surface area contributed by atoms with Crippen molar-refractivity contribution in [2.24, 2.45) is 0 Å². The van der Waals surface area contributed by atoms with Crippen molar-refractivity contribution in [1.29, 1.82) is 0 Å². The lowest BCUT2D eigenvalue weighted by atomic mass is 9.87. The Morgan fingerprint density at radius 2 is 1.72 bits per heavy atom. The van der Waals surface area contributed by atoms with Gasteiger partial charge in [0.1, 0.15) is 5.75 Å². The summed E-state index contributed by atoms with van der Waals surface area (Å²) in [6, 6.07) is 16.5. The zero-order chi connectivity index (χ0) is 20.2. The zero-order valence-electron chi connectivity index (χ0n) is 17.1. The van der Waals surface area contributed by atoms with Crippen LogP contribution in [0, 0.1) is 0 Å². The van der Waals surface area contributed by atoms with Crippen LogP contribution in [0.25, 0.3) is 0 Å². The molecule has 0 saturated carbocycles. The number of H-pyrrole nitrogens is 1. The van der Waals surface area contributed by atoms with E-state index < -0.39 is 0 Å². The molecule has 6 heteroatoms. The Bertz CT molecular complexity index is 925. The third-order valence-corrected chi connectivity index (χ3v) is 5.74. The maximum atomic E-state index is 5.63. The molecule has 0 unspecified atom stereocenters. The summed E-state index contributed by atoms with van der Waals surface area (Å²) in [4.78, 5) is 2.47. The largest absolute Gasteiger partial charge is 0.497 e.